The molecule has 0 heterocycles. The summed E-state index contributed by atoms with van der Waals surface area (Å²) in [6.45, 7) is 3.22. The predicted molar refractivity (Wildman–Crippen MR) is 55.4 cm³/mol. The average Bonchev–Trinajstić information content (AvgIpc) is 2.17. The van der Waals surface area contributed by atoms with E-state index in [2.05, 4.69) is 9.05 Å². The zero-order valence-corrected chi connectivity index (χ0v) is 10.4. The molecule has 0 rings (SSSR count). The molecule has 7 heteroatoms. The number of rotatable bonds is 8. The Bertz CT molecular complexity index is 217. The van der Waals surface area contributed by atoms with Crippen LogP contribution in [0.3, 0.4) is 0 Å². The summed E-state index contributed by atoms with van der Waals surface area (Å²) in [7, 11) is -4.96. The molecule has 0 aromatic carbocycles. The third-order valence-electron chi connectivity index (χ3n) is 1.83. The van der Waals surface area contributed by atoms with E-state index in [4.69, 9.17) is 0 Å². The van der Waals surface area contributed by atoms with Gasteiger partial charge in [-0.1, -0.05) is 26.7 Å². The molecule has 0 radical (unpaired) electrons. The highest BCUT2D eigenvalue weighted by atomic mass is 31.2. The Morgan fingerprint density at radius 2 is 1.38 bits per heavy atom. The van der Waals surface area contributed by atoms with Gasteiger partial charge in [-0.05, 0) is 12.8 Å². The molecule has 0 unspecified atom stereocenters. The molecule has 3 nitrogen and oxygen atoms in total. The van der Waals surface area contributed by atoms with Gasteiger partial charge in [-0.3, -0.25) is 0 Å². The number of hydrogen-bond donors (Lipinski definition) is 0. The third-order valence-corrected chi connectivity index (χ3v) is 3.49. The van der Waals surface area contributed by atoms with Gasteiger partial charge in [0.05, 0.1) is 13.2 Å². The minimum Gasteiger partial charge on any atom is -0.302 e. The first-order valence-corrected chi connectivity index (χ1v) is 6.87. The summed E-state index contributed by atoms with van der Waals surface area (Å²) in [4.78, 5) is 0. The van der Waals surface area contributed by atoms with Crippen molar-refractivity contribution in [1.29, 1.82) is 0 Å². The molecule has 16 heavy (non-hydrogen) atoms. The lowest BCUT2D eigenvalue weighted by atomic mass is 10.4. The van der Waals surface area contributed by atoms with Crippen molar-refractivity contribution < 1.29 is 26.8 Å². The van der Waals surface area contributed by atoms with Crippen molar-refractivity contribution in [2.75, 3.05) is 13.2 Å². The van der Waals surface area contributed by atoms with E-state index in [0.717, 1.165) is 0 Å². The SMILES string of the molecule is CCCCOP(=O)(OCCCC)C(F)(F)F. The zero-order chi connectivity index (χ0) is 12.7. The molecular weight excluding hydrogens is 244 g/mol. The lowest BCUT2D eigenvalue weighted by Crippen LogP contribution is -2.15. The second kappa shape index (κ2) is 7.30. The van der Waals surface area contributed by atoms with E-state index in [1.165, 1.54) is 0 Å². The van der Waals surface area contributed by atoms with Crippen molar-refractivity contribution in [2.24, 2.45) is 0 Å². The van der Waals surface area contributed by atoms with Gasteiger partial charge in [0, 0.05) is 0 Å². The summed E-state index contributed by atoms with van der Waals surface area (Å²) in [5, 5.41) is 0. The number of halogens is 3. The van der Waals surface area contributed by atoms with E-state index in [0.29, 0.717) is 25.7 Å². The molecule has 0 saturated carbocycles. The van der Waals surface area contributed by atoms with Crippen LogP contribution in [0.4, 0.5) is 13.2 Å². The second-order valence-electron chi connectivity index (χ2n) is 3.34. The van der Waals surface area contributed by atoms with Gasteiger partial charge in [0.15, 0.2) is 0 Å². The van der Waals surface area contributed by atoms with Crippen LogP contribution in [-0.4, -0.2) is 19.1 Å². The van der Waals surface area contributed by atoms with Gasteiger partial charge < -0.3 is 9.05 Å². The highest BCUT2D eigenvalue weighted by Gasteiger charge is 2.54. The van der Waals surface area contributed by atoms with Gasteiger partial charge in [0.2, 0.25) is 0 Å². The van der Waals surface area contributed by atoms with Crippen LogP contribution in [-0.2, 0) is 13.6 Å². The van der Waals surface area contributed by atoms with E-state index in [9.17, 15) is 17.7 Å². The first-order valence-electron chi connectivity index (χ1n) is 5.33. The molecule has 0 aromatic heterocycles. The number of unbranched alkanes of at least 4 members (excludes halogenated alkanes) is 2. The molecule has 0 aromatic rings. The van der Waals surface area contributed by atoms with Gasteiger partial charge in [0.25, 0.3) is 0 Å². The first kappa shape index (κ1) is 15.9. The molecular formula is C9H18F3O3P. The third kappa shape index (κ3) is 5.32. The van der Waals surface area contributed by atoms with Gasteiger partial charge in [-0.2, -0.15) is 13.2 Å². The van der Waals surface area contributed by atoms with Crippen molar-refractivity contribution in [3.63, 3.8) is 0 Å². The van der Waals surface area contributed by atoms with Gasteiger partial charge in [0.1, 0.15) is 0 Å². The summed E-state index contributed by atoms with van der Waals surface area (Å²) in [6.07, 6.45) is 2.20. The maximum Gasteiger partial charge on any atom is 0.493 e. The second-order valence-corrected chi connectivity index (χ2v) is 5.36. The van der Waals surface area contributed by atoms with Crippen molar-refractivity contribution in [3.05, 3.63) is 0 Å². The monoisotopic (exact) mass is 262 g/mol. The van der Waals surface area contributed by atoms with E-state index >= 15 is 0 Å². The molecule has 0 fully saturated rings. The molecule has 98 valence electrons. The summed E-state index contributed by atoms with van der Waals surface area (Å²) in [5.74, 6) is -4.94. The molecule has 0 spiro atoms. The normalized spacial score (nSPS) is 13.1. The molecule has 0 aliphatic heterocycles. The van der Waals surface area contributed by atoms with Crippen LogP contribution in [0.2, 0.25) is 0 Å². The minimum atomic E-state index is -4.96. The molecule has 0 bridgehead atoms. The standard InChI is InChI=1S/C9H18F3O3P/c1-3-5-7-14-16(13,9(10,11)12)15-8-6-4-2/h3-8H2,1-2H3. The topological polar surface area (TPSA) is 35.5 Å². The predicted octanol–water partition coefficient (Wildman–Crippen LogP) is 4.33. The fourth-order valence-electron chi connectivity index (χ4n) is 0.842. The zero-order valence-electron chi connectivity index (χ0n) is 9.55. The van der Waals surface area contributed by atoms with E-state index < -0.39 is 13.5 Å². The van der Waals surface area contributed by atoms with Crippen LogP contribution in [0.1, 0.15) is 39.5 Å². The lowest BCUT2D eigenvalue weighted by Gasteiger charge is -2.20. The van der Waals surface area contributed by atoms with Crippen molar-refractivity contribution >= 4 is 7.60 Å². The van der Waals surface area contributed by atoms with Crippen molar-refractivity contribution in [3.8, 4) is 0 Å². The summed E-state index contributed by atoms with van der Waals surface area (Å²) >= 11 is 0. The number of alkyl halides is 3. The smallest absolute Gasteiger partial charge is 0.302 e. The Hall–Kier alpha value is -0.0600. The molecule has 0 amide bonds. The van der Waals surface area contributed by atoms with Crippen molar-refractivity contribution in [2.45, 2.75) is 45.4 Å². The Labute approximate surface area is 93.8 Å². The van der Waals surface area contributed by atoms with Gasteiger partial charge in [-0.25, -0.2) is 4.57 Å². The first-order chi connectivity index (χ1) is 7.37. The van der Waals surface area contributed by atoms with E-state index in [-0.39, 0.29) is 13.2 Å². The highest BCUT2D eigenvalue weighted by molar-refractivity contribution is 7.54. The maximum atomic E-state index is 12.4. The van der Waals surface area contributed by atoms with Gasteiger partial charge >= 0.3 is 13.5 Å². The Morgan fingerprint density at radius 1 is 1.00 bits per heavy atom. The van der Waals surface area contributed by atoms with Crippen LogP contribution < -0.4 is 0 Å². The fraction of sp³-hybridized carbons (Fsp3) is 1.00. The average molecular weight is 262 g/mol. The lowest BCUT2D eigenvalue weighted by molar-refractivity contribution is -0.0756. The highest BCUT2D eigenvalue weighted by Crippen LogP contribution is 2.62. The van der Waals surface area contributed by atoms with Crippen LogP contribution in [0.5, 0.6) is 0 Å². The summed E-state index contributed by atoms with van der Waals surface area (Å²) in [6, 6.07) is 0. The van der Waals surface area contributed by atoms with Crippen LogP contribution in [0.25, 0.3) is 0 Å². The van der Waals surface area contributed by atoms with E-state index in [1.54, 1.807) is 13.8 Å². The molecule has 0 atom stereocenters. The van der Waals surface area contributed by atoms with Gasteiger partial charge in [-0.15, -0.1) is 0 Å². The maximum absolute atomic E-state index is 12.4. The summed E-state index contributed by atoms with van der Waals surface area (Å²) < 4.78 is 57.5. The molecule has 0 aliphatic carbocycles. The van der Waals surface area contributed by atoms with Crippen LogP contribution in [0, 0.1) is 0 Å². The molecule has 0 N–H and O–H groups in total. The van der Waals surface area contributed by atoms with E-state index in [1.807, 2.05) is 0 Å². The van der Waals surface area contributed by atoms with Crippen LogP contribution in [0.15, 0.2) is 0 Å². The molecule has 0 aliphatic rings. The molecule has 0 saturated heterocycles. The van der Waals surface area contributed by atoms with Crippen LogP contribution >= 0.6 is 7.60 Å². The Morgan fingerprint density at radius 3 is 1.62 bits per heavy atom. The number of hydrogen-bond acceptors (Lipinski definition) is 3. The Kier molecular flexibility index (Phi) is 7.27. The minimum absolute atomic E-state index is 0.195. The Balaban J connectivity index is 4.33. The fourth-order valence-corrected chi connectivity index (χ4v) is 1.95. The largest absolute Gasteiger partial charge is 0.493 e. The van der Waals surface area contributed by atoms with Crippen molar-refractivity contribution in [1.82, 2.24) is 0 Å². The quantitative estimate of drug-likeness (QED) is 0.482. The summed E-state index contributed by atoms with van der Waals surface area (Å²) in [5.41, 5.74) is 0.